The molecule has 5 heteroatoms. The molecule has 0 spiro atoms. The zero-order chi connectivity index (χ0) is 13.9. The number of primary amides is 1. The Morgan fingerprint density at radius 2 is 1.89 bits per heavy atom. The molecule has 0 unspecified atom stereocenters. The molecule has 0 aliphatic heterocycles. The van der Waals surface area contributed by atoms with E-state index in [1.807, 2.05) is 26.0 Å². The molecule has 2 amide bonds. The molecule has 18 heavy (non-hydrogen) atoms. The van der Waals surface area contributed by atoms with Gasteiger partial charge in [0.05, 0.1) is 7.11 Å². The first-order valence-electron chi connectivity index (χ1n) is 5.55. The van der Waals surface area contributed by atoms with E-state index in [1.54, 1.807) is 14.2 Å². The summed E-state index contributed by atoms with van der Waals surface area (Å²) in [4.78, 5) is 23.5. The molecule has 0 bridgehead atoms. The number of carbonyl (C=O) groups is 2. The van der Waals surface area contributed by atoms with Gasteiger partial charge in [-0.2, -0.15) is 0 Å². The Morgan fingerprint density at radius 1 is 1.28 bits per heavy atom. The second-order valence-corrected chi connectivity index (χ2v) is 4.27. The van der Waals surface area contributed by atoms with E-state index in [4.69, 9.17) is 10.5 Å². The number of nitrogens with two attached hydrogens (primary N) is 1. The molecular formula is C13H18N2O3. The lowest BCUT2D eigenvalue weighted by Gasteiger charge is -2.18. The number of hydrogen-bond donors (Lipinski definition) is 1. The molecule has 0 heterocycles. The molecule has 0 saturated heterocycles. The maximum absolute atomic E-state index is 11.4. The minimum absolute atomic E-state index is 0.346. The van der Waals surface area contributed by atoms with Crippen molar-refractivity contribution in [3.63, 3.8) is 0 Å². The third-order valence-corrected chi connectivity index (χ3v) is 2.82. The molecule has 0 fully saturated rings. The topological polar surface area (TPSA) is 72.6 Å². The van der Waals surface area contributed by atoms with Gasteiger partial charge in [0, 0.05) is 13.6 Å². The Labute approximate surface area is 107 Å². The van der Waals surface area contributed by atoms with Crippen LogP contribution < -0.4 is 10.5 Å². The molecule has 2 N–H and O–H groups in total. The summed E-state index contributed by atoms with van der Waals surface area (Å²) in [5, 5.41) is 0. The summed E-state index contributed by atoms with van der Waals surface area (Å²) in [6.07, 6.45) is 0. The number of hydrogen-bond acceptors (Lipinski definition) is 3. The quantitative estimate of drug-likeness (QED) is 0.805. The predicted octanol–water partition coefficient (Wildman–Crippen LogP) is 0.756. The standard InChI is InChI=1S/C13H18N2O3/c1-8-6-11(18-4)9(2)5-10(8)7-15(3)13(17)12(14)16/h5-6H,7H2,1-4H3,(H2,14,16). The van der Waals surface area contributed by atoms with Gasteiger partial charge in [-0.25, -0.2) is 0 Å². The summed E-state index contributed by atoms with van der Waals surface area (Å²) in [5.41, 5.74) is 7.90. The monoisotopic (exact) mass is 250 g/mol. The van der Waals surface area contributed by atoms with Crippen molar-refractivity contribution in [2.75, 3.05) is 14.2 Å². The predicted molar refractivity (Wildman–Crippen MR) is 68.1 cm³/mol. The Kier molecular flexibility index (Phi) is 4.31. The van der Waals surface area contributed by atoms with Crippen LogP contribution in [0.4, 0.5) is 0 Å². The highest BCUT2D eigenvalue weighted by Crippen LogP contribution is 2.23. The van der Waals surface area contributed by atoms with Gasteiger partial charge in [-0.1, -0.05) is 6.07 Å². The number of carbonyl (C=O) groups excluding carboxylic acids is 2. The van der Waals surface area contributed by atoms with Crippen molar-refractivity contribution in [2.45, 2.75) is 20.4 Å². The lowest BCUT2D eigenvalue weighted by Crippen LogP contribution is -2.37. The lowest BCUT2D eigenvalue weighted by atomic mass is 10.0. The van der Waals surface area contributed by atoms with Crippen LogP contribution in [0.2, 0.25) is 0 Å². The van der Waals surface area contributed by atoms with E-state index in [9.17, 15) is 9.59 Å². The van der Waals surface area contributed by atoms with Crippen molar-refractivity contribution in [1.82, 2.24) is 4.90 Å². The maximum atomic E-state index is 11.4. The van der Waals surface area contributed by atoms with Crippen LogP contribution in [0.15, 0.2) is 12.1 Å². The number of likely N-dealkylation sites (N-methyl/N-ethyl adjacent to an activating group) is 1. The smallest absolute Gasteiger partial charge is 0.311 e. The maximum Gasteiger partial charge on any atom is 0.311 e. The summed E-state index contributed by atoms with van der Waals surface area (Å²) >= 11 is 0. The van der Waals surface area contributed by atoms with Crippen molar-refractivity contribution >= 4 is 11.8 Å². The molecule has 0 radical (unpaired) electrons. The highest BCUT2D eigenvalue weighted by Gasteiger charge is 2.16. The summed E-state index contributed by atoms with van der Waals surface area (Å²) in [6.45, 7) is 4.20. The number of amides is 2. The van der Waals surface area contributed by atoms with E-state index in [0.717, 1.165) is 22.4 Å². The fraction of sp³-hybridized carbons (Fsp3) is 0.385. The average molecular weight is 250 g/mol. The van der Waals surface area contributed by atoms with Crippen LogP contribution in [-0.2, 0) is 16.1 Å². The zero-order valence-corrected chi connectivity index (χ0v) is 11.1. The summed E-state index contributed by atoms with van der Waals surface area (Å²) in [6, 6.07) is 3.85. The van der Waals surface area contributed by atoms with Crippen molar-refractivity contribution in [3.05, 3.63) is 28.8 Å². The first-order valence-corrected chi connectivity index (χ1v) is 5.55. The van der Waals surface area contributed by atoms with Gasteiger partial charge in [-0.05, 0) is 36.6 Å². The minimum Gasteiger partial charge on any atom is -0.496 e. The average Bonchev–Trinajstić information content (AvgIpc) is 2.32. The van der Waals surface area contributed by atoms with Gasteiger partial charge < -0.3 is 15.4 Å². The van der Waals surface area contributed by atoms with Crippen LogP contribution in [0, 0.1) is 13.8 Å². The van der Waals surface area contributed by atoms with Crippen molar-refractivity contribution in [2.24, 2.45) is 5.73 Å². The number of rotatable bonds is 3. The zero-order valence-electron chi connectivity index (χ0n) is 11.1. The first-order chi connectivity index (χ1) is 8.36. The number of aryl methyl sites for hydroxylation is 2. The normalized spacial score (nSPS) is 10.0. The van der Waals surface area contributed by atoms with E-state index in [0.29, 0.717) is 6.54 Å². The summed E-state index contributed by atoms with van der Waals surface area (Å²) in [5.74, 6) is -0.830. The van der Waals surface area contributed by atoms with Gasteiger partial charge >= 0.3 is 11.8 Å². The molecule has 0 aliphatic carbocycles. The third kappa shape index (κ3) is 3.00. The van der Waals surface area contributed by atoms with Gasteiger partial charge in [0.1, 0.15) is 5.75 Å². The van der Waals surface area contributed by atoms with Crippen LogP contribution >= 0.6 is 0 Å². The number of ether oxygens (including phenoxy) is 1. The second-order valence-electron chi connectivity index (χ2n) is 4.27. The van der Waals surface area contributed by atoms with Gasteiger partial charge in [0.25, 0.3) is 0 Å². The third-order valence-electron chi connectivity index (χ3n) is 2.82. The molecule has 1 aromatic carbocycles. The summed E-state index contributed by atoms with van der Waals surface area (Å²) in [7, 11) is 3.16. The van der Waals surface area contributed by atoms with Gasteiger partial charge in [0.2, 0.25) is 0 Å². The van der Waals surface area contributed by atoms with Gasteiger partial charge in [0.15, 0.2) is 0 Å². The molecule has 0 saturated carbocycles. The summed E-state index contributed by atoms with van der Waals surface area (Å²) < 4.78 is 5.22. The highest BCUT2D eigenvalue weighted by atomic mass is 16.5. The van der Waals surface area contributed by atoms with Crippen molar-refractivity contribution in [1.29, 1.82) is 0 Å². The second kappa shape index (κ2) is 5.53. The lowest BCUT2D eigenvalue weighted by molar-refractivity contribution is -0.143. The van der Waals surface area contributed by atoms with E-state index in [-0.39, 0.29) is 0 Å². The molecule has 1 aromatic rings. The Bertz CT molecular complexity index is 483. The molecule has 98 valence electrons. The first kappa shape index (κ1) is 14.0. The van der Waals surface area contributed by atoms with Gasteiger partial charge in [-0.3, -0.25) is 9.59 Å². The SMILES string of the molecule is COc1cc(C)c(CN(C)C(=O)C(N)=O)cc1C. The van der Waals surface area contributed by atoms with Crippen molar-refractivity contribution in [3.8, 4) is 5.75 Å². The van der Waals surface area contributed by atoms with Crippen LogP contribution in [-0.4, -0.2) is 30.9 Å². The van der Waals surface area contributed by atoms with E-state index < -0.39 is 11.8 Å². The Morgan fingerprint density at radius 3 is 2.39 bits per heavy atom. The van der Waals surface area contributed by atoms with Gasteiger partial charge in [-0.15, -0.1) is 0 Å². The fourth-order valence-corrected chi connectivity index (χ4v) is 1.76. The Hall–Kier alpha value is -2.04. The van der Waals surface area contributed by atoms with Crippen LogP contribution in [0.25, 0.3) is 0 Å². The molecule has 5 nitrogen and oxygen atoms in total. The number of benzene rings is 1. The van der Waals surface area contributed by atoms with Crippen molar-refractivity contribution < 1.29 is 14.3 Å². The largest absolute Gasteiger partial charge is 0.496 e. The fourth-order valence-electron chi connectivity index (χ4n) is 1.76. The molecule has 0 atom stereocenters. The highest BCUT2D eigenvalue weighted by molar-refractivity contribution is 6.34. The molecule has 0 aromatic heterocycles. The minimum atomic E-state index is -0.944. The Balaban J connectivity index is 2.95. The van der Waals surface area contributed by atoms with Crippen LogP contribution in [0.5, 0.6) is 5.75 Å². The van der Waals surface area contributed by atoms with Crippen LogP contribution in [0.3, 0.4) is 0 Å². The molecule has 0 aliphatic rings. The molecule has 1 rings (SSSR count). The number of nitrogens with zero attached hydrogens (tertiary/aromatic N) is 1. The number of methoxy groups -OCH3 is 1. The van der Waals surface area contributed by atoms with Crippen LogP contribution in [0.1, 0.15) is 16.7 Å². The van der Waals surface area contributed by atoms with E-state index >= 15 is 0 Å². The van der Waals surface area contributed by atoms with E-state index in [1.165, 1.54) is 4.90 Å². The van der Waals surface area contributed by atoms with E-state index in [2.05, 4.69) is 0 Å². The molecular weight excluding hydrogens is 232 g/mol.